The summed E-state index contributed by atoms with van der Waals surface area (Å²) in [7, 11) is 0. The van der Waals surface area contributed by atoms with Crippen LogP contribution < -0.4 is 5.32 Å². The van der Waals surface area contributed by atoms with E-state index < -0.39 is 5.60 Å². The molecular weight excluding hydrogens is 242 g/mol. The van der Waals surface area contributed by atoms with Crippen molar-refractivity contribution in [2.24, 2.45) is 5.92 Å². The molecule has 1 fully saturated rings. The molecule has 1 aromatic rings. The Balaban J connectivity index is 1.83. The van der Waals surface area contributed by atoms with E-state index in [1.165, 1.54) is 6.07 Å². The summed E-state index contributed by atoms with van der Waals surface area (Å²) in [4.78, 5) is 0. The SMILES string of the molecule is CC1CCC(O)(CNCc2ccc(O)cc2O)CC1. The maximum atomic E-state index is 10.4. The Labute approximate surface area is 114 Å². The number of aromatic hydroxyl groups is 2. The lowest BCUT2D eigenvalue weighted by Crippen LogP contribution is -2.43. The zero-order valence-electron chi connectivity index (χ0n) is 11.4. The van der Waals surface area contributed by atoms with E-state index in [1.807, 2.05) is 0 Å². The first-order chi connectivity index (χ1) is 8.98. The van der Waals surface area contributed by atoms with Crippen LogP contribution in [0.2, 0.25) is 0 Å². The molecule has 0 bridgehead atoms. The Morgan fingerprint density at radius 1 is 1.26 bits per heavy atom. The standard InChI is InChI=1S/C15H23NO3/c1-11-4-6-15(19,7-5-11)10-16-9-12-2-3-13(17)8-14(12)18/h2-3,8,11,16-19H,4-7,9-10H2,1H3. The molecule has 0 aromatic heterocycles. The van der Waals surface area contributed by atoms with E-state index >= 15 is 0 Å². The van der Waals surface area contributed by atoms with Crippen LogP contribution in [0.4, 0.5) is 0 Å². The fraction of sp³-hybridized carbons (Fsp3) is 0.600. The van der Waals surface area contributed by atoms with Crippen molar-refractivity contribution < 1.29 is 15.3 Å². The summed E-state index contributed by atoms with van der Waals surface area (Å²) >= 11 is 0. The zero-order valence-corrected chi connectivity index (χ0v) is 11.4. The molecule has 0 heterocycles. The number of aliphatic hydroxyl groups is 1. The topological polar surface area (TPSA) is 72.7 Å². The molecule has 0 atom stereocenters. The van der Waals surface area contributed by atoms with E-state index in [1.54, 1.807) is 12.1 Å². The molecule has 0 spiro atoms. The van der Waals surface area contributed by atoms with Gasteiger partial charge in [0.2, 0.25) is 0 Å². The van der Waals surface area contributed by atoms with E-state index in [4.69, 9.17) is 0 Å². The molecule has 1 saturated carbocycles. The third-order valence-corrected chi connectivity index (χ3v) is 4.04. The maximum Gasteiger partial charge on any atom is 0.123 e. The summed E-state index contributed by atoms with van der Waals surface area (Å²) in [6, 6.07) is 4.56. The molecule has 0 unspecified atom stereocenters. The van der Waals surface area contributed by atoms with E-state index in [0.717, 1.165) is 31.2 Å². The average molecular weight is 265 g/mol. The molecule has 0 saturated heterocycles. The number of hydrogen-bond donors (Lipinski definition) is 4. The first kappa shape index (κ1) is 14.2. The average Bonchev–Trinajstić information content (AvgIpc) is 2.36. The van der Waals surface area contributed by atoms with Gasteiger partial charge >= 0.3 is 0 Å². The fourth-order valence-electron chi connectivity index (χ4n) is 2.61. The van der Waals surface area contributed by atoms with Crippen LogP contribution in [0.1, 0.15) is 38.2 Å². The summed E-state index contributed by atoms with van der Waals surface area (Å²) in [6.45, 7) is 3.26. The predicted octanol–water partition coefficient (Wildman–Crippen LogP) is 2.13. The van der Waals surface area contributed by atoms with Crippen molar-refractivity contribution in [2.75, 3.05) is 6.54 Å². The first-order valence-corrected chi connectivity index (χ1v) is 6.92. The number of hydrogen-bond acceptors (Lipinski definition) is 4. The number of nitrogens with one attached hydrogen (secondary N) is 1. The van der Waals surface area contributed by atoms with Crippen molar-refractivity contribution >= 4 is 0 Å². The highest BCUT2D eigenvalue weighted by Crippen LogP contribution is 2.31. The Morgan fingerprint density at radius 2 is 1.95 bits per heavy atom. The number of benzene rings is 1. The quantitative estimate of drug-likeness (QED) is 0.673. The highest BCUT2D eigenvalue weighted by atomic mass is 16.3. The molecule has 4 nitrogen and oxygen atoms in total. The van der Waals surface area contributed by atoms with Gasteiger partial charge in [0.05, 0.1) is 5.60 Å². The van der Waals surface area contributed by atoms with Crippen LogP contribution in [0, 0.1) is 5.92 Å². The van der Waals surface area contributed by atoms with E-state index in [2.05, 4.69) is 12.2 Å². The molecule has 0 amide bonds. The van der Waals surface area contributed by atoms with Crippen LogP contribution in [0.25, 0.3) is 0 Å². The normalized spacial score (nSPS) is 27.4. The van der Waals surface area contributed by atoms with Crippen LogP contribution in [0.15, 0.2) is 18.2 Å². The van der Waals surface area contributed by atoms with Crippen LogP contribution in [0.5, 0.6) is 11.5 Å². The smallest absolute Gasteiger partial charge is 0.123 e. The number of rotatable bonds is 4. The van der Waals surface area contributed by atoms with Crippen LogP contribution in [-0.4, -0.2) is 27.5 Å². The van der Waals surface area contributed by atoms with Gasteiger partial charge in [-0.3, -0.25) is 0 Å². The van der Waals surface area contributed by atoms with Crippen molar-refractivity contribution in [3.63, 3.8) is 0 Å². The van der Waals surface area contributed by atoms with Crippen LogP contribution in [0.3, 0.4) is 0 Å². The van der Waals surface area contributed by atoms with E-state index in [9.17, 15) is 15.3 Å². The summed E-state index contributed by atoms with van der Waals surface area (Å²) in [5.41, 5.74) is 0.115. The zero-order chi connectivity index (χ0) is 13.9. The molecule has 0 aliphatic heterocycles. The minimum absolute atomic E-state index is 0.0566. The van der Waals surface area contributed by atoms with Gasteiger partial charge in [0.15, 0.2) is 0 Å². The van der Waals surface area contributed by atoms with Gasteiger partial charge in [0.1, 0.15) is 11.5 Å². The highest BCUT2D eigenvalue weighted by molar-refractivity contribution is 5.38. The van der Waals surface area contributed by atoms with Crippen molar-refractivity contribution in [3.8, 4) is 11.5 Å². The molecule has 2 rings (SSSR count). The lowest BCUT2D eigenvalue weighted by Gasteiger charge is -2.35. The third-order valence-electron chi connectivity index (χ3n) is 4.04. The van der Waals surface area contributed by atoms with E-state index in [0.29, 0.717) is 19.0 Å². The first-order valence-electron chi connectivity index (χ1n) is 6.92. The van der Waals surface area contributed by atoms with Crippen molar-refractivity contribution in [3.05, 3.63) is 23.8 Å². The van der Waals surface area contributed by atoms with Gasteiger partial charge in [-0.1, -0.05) is 13.0 Å². The fourth-order valence-corrected chi connectivity index (χ4v) is 2.61. The van der Waals surface area contributed by atoms with Crippen molar-refractivity contribution in [2.45, 2.75) is 44.8 Å². The second-order valence-corrected chi connectivity index (χ2v) is 5.82. The Bertz CT molecular complexity index is 425. The highest BCUT2D eigenvalue weighted by Gasteiger charge is 2.31. The molecule has 0 radical (unpaired) electrons. The summed E-state index contributed by atoms with van der Waals surface area (Å²) in [6.07, 6.45) is 3.82. The van der Waals surface area contributed by atoms with Gasteiger partial charge in [0.25, 0.3) is 0 Å². The lowest BCUT2D eigenvalue weighted by atomic mass is 9.79. The van der Waals surface area contributed by atoms with Crippen molar-refractivity contribution in [1.82, 2.24) is 5.32 Å². The largest absolute Gasteiger partial charge is 0.508 e. The molecular formula is C15H23NO3. The molecule has 1 aliphatic rings. The second kappa shape index (κ2) is 5.80. The van der Waals surface area contributed by atoms with Gasteiger partial charge in [-0.05, 0) is 37.7 Å². The number of phenolic OH excluding ortho intramolecular Hbond substituents is 2. The molecule has 19 heavy (non-hydrogen) atoms. The minimum Gasteiger partial charge on any atom is -0.508 e. The summed E-state index contributed by atoms with van der Waals surface area (Å²) in [5.74, 6) is 0.847. The maximum absolute atomic E-state index is 10.4. The Hall–Kier alpha value is -1.26. The van der Waals surface area contributed by atoms with Gasteiger partial charge in [-0.15, -0.1) is 0 Å². The molecule has 106 valence electrons. The summed E-state index contributed by atoms with van der Waals surface area (Å²) < 4.78 is 0. The van der Waals surface area contributed by atoms with Crippen LogP contribution >= 0.6 is 0 Å². The third kappa shape index (κ3) is 3.85. The van der Waals surface area contributed by atoms with Gasteiger partial charge in [-0.2, -0.15) is 0 Å². The number of phenols is 2. The van der Waals surface area contributed by atoms with Gasteiger partial charge in [0, 0.05) is 24.7 Å². The Morgan fingerprint density at radius 3 is 2.58 bits per heavy atom. The Kier molecular flexibility index (Phi) is 4.32. The van der Waals surface area contributed by atoms with Gasteiger partial charge < -0.3 is 20.6 Å². The predicted molar refractivity (Wildman–Crippen MR) is 74.1 cm³/mol. The monoisotopic (exact) mass is 265 g/mol. The second-order valence-electron chi connectivity index (χ2n) is 5.82. The minimum atomic E-state index is -0.612. The van der Waals surface area contributed by atoms with Crippen LogP contribution in [-0.2, 0) is 6.54 Å². The summed E-state index contributed by atoms with van der Waals surface area (Å²) in [5, 5.41) is 32.5. The lowest BCUT2D eigenvalue weighted by molar-refractivity contribution is -0.00633. The molecule has 1 aliphatic carbocycles. The molecule has 4 heteroatoms. The molecule has 4 N–H and O–H groups in total. The molecule has 1 aromatic carbocycles. The van der Waals surface area contributed by atoms with Gasteiger partial charge in [-0.25, -0.2) is 0 Å². The van der Waals surface area contributed by atoms with Crippen molar-refractivity contribution in [1.29, 1.82) is 0 Å². The van der Waals surface area contributed by atoms with E-state index in [-0.39, 0.29) is 11.5 Å².